The fraction of sp³-hybridized carbons (Fsp3) is 0. The average Bonchev–Trinajstić information content (AvgIpc) is 2.36. The molecule has 1 aromatic carbocycles. The topological polar surface area (TPSA) is 138 Å². The lowest BCUT2D eigenvalue weighted by atomic mass is 10.0. The molecule has 8 heteroatoms. The summed E-state index contributed by atoms with van der Waals surface area (Å²) in [6, 6.07) is 1.96. The van der Waals surface area contributed by atoms with E-state index >= 15 is 0 Å². The van der Waals surface area contributed by atoms with Gasteiger partial charge in [0.15, 0.2) is 5.69 Å². The molecule has 0 amide bonds. The summed E-state index contributed by atoms with van der Waals surface area (Å²) < 4.78 is 0. The van der Waals surface area contributed by atoms with Gasteiger partial charge in [-0.05, 0) is 12.1 Å². The van der Waals surface area contributed by atoms with E-state index in [1.807, 2.05) is 0 Å². The molecule has 0 aliphatic heterocycles. The normalized spacial score (nSPS) is 10.3. The SMILES string of the molecule is O=C(O)c1cc(C(=O)O)c2ncnc(C(=O)O)c2c1. The molecule has 0 fully saturated rings. The monoisotopic (exact) mass is 262 g/mol. The number of nitrogens with zero attached hydrogens (tertiary/aromatic N) is 2. The number of carboxylic acids is 3. The zero-order valence-corrected chi connectivity index (χ0v) is 9.19. The van der Waals surface area contributed by atoms with Crippen molar-refractivity contribution in [2.45, 2.75) is 0 Å². The second-order valence-corrected chi connectivity index (χ2v) is 3.56. The second-order valence-electron chi connectivity index (χ2n) is 3.56. The van der Waals surface area contributed by atoms with E-state index < -0.39 is 23.6 Å². The predicted octanol–water partition coefficient (Wildman–Crippen LogP) is 0.724. The van der Waals surface area contributed by atoms with E-state index in [0.717, 1.165) is 18.5 Å². The van der Waals surface area contributed by atoms with Gasteiger partial charge in [0.1, 0.15) is 6.33 Å². The van der Waals surface area contributed by atoms with Gasteiger partial charge in [-0.15, -0.1) is 0 Å². The van der Waals surface area contributed by atoms with Crippen molar-refractivity contribution in [1.82, 2.24) is 9.97 Å². The number of rotatable bonds is 3. The zero-order valence-electron chi connectivity index (χ0n) is 9.19. The van der Waals surface area contributed by atoms with Crippen LogP contribution in [0.1, 0.15) is 31.2 Å². The van der Waals surface area contributed by atoms with Crippen molar-refractivity contribution in [3.8, 4) is 0 Å². The first kappa shape index (κ1) is 12.4. The minimum atomic E-state index is -1.40. The average molecular weight is 262 g/mol. The van der Waals surface area contributed by atoms with E-state index in [1.165, 1.54) is 0 Å². The number of hydrogen-bond acceptors (Lipinski definition) is 5. The first-order valence-electron chi connectivity index (χ1n) is 4.90. The summed E-state index contributed by atoms with van der Waals surface area (Å²) in [5.74, 6) is -4.17. The first-order chi connectivity index (χ1) is 8.91. The van der Waals surface area contributed by atoms with Gasteiger partial charge in [0, 0.05) is 5.39 Å². The molecule has 1 heterocycles. The van der Waals surface area contributed by atoms with Crippen LogP contribution in [0.4, 0.5) is 0 Å². The lowest BCUT2D eigenvalue weighted by Crippen LogP contribution is -2.08. The molecule has 2 aromatic rings. The maximum Gasteiger partial charge on any atom is 0.355 e. The molecule has 0 saturated heterocycles. The molecule has 1 aromatic heterocycles. The van der Waals surface area contributed by atoms with Gasteiger partial charge in [0.25, 0.3) is 0 Å². The lowest BCUT2D eigenvalue weighted by Gasteiger charge is -2.05. The molecule has 0 atom stereocenters. The molecule has 3 N–H and O–H groups in total. The summed E-state index contributed by atoms with van der Waals surface area (Å²) in [4.78, 5) is 40.2. The Labute approximate surface area is 105 Å². The third kappa shape index (κ3) is 2.06. The van der Waals surface area contributed by atoms with Gasteiger partial charge in [-0.2, -0.15) is 0 Å². The van der Waals surface area contributed by atoms with E-state index in [0.29, 0.717) is 0 Å². The van der Waals surface area contributed by atoms with Gasteiger partial charge in [0.05, 0.1) is 16.6 Å². The maximum absolute atomic E-state index is 11.1. The van der Waals surface area contributed by atoms with E-state index in [1.54, 1.807) is 0 Å². The molecule has 0 spiro atoms. The lowest BCUT2D eigenvalue weighted by molar-refractivity contribution is 0.0677. The maximum atomic E-state index is 11.1. The number of aromatic nitrogens is 2. The standard InChI is InChI=1S/C11H6N2O6/c14-9(15)4-1-5-7(6(2-4)10(16)17)12-3-13-8(5)11(18)19/h1-3H,(H,14,15)(H,16,17)(H,18,19). The van der Waals surface area contributed by atoms with E-state index in [-0.39, 0.29) is 22.0 Å². The molecule has 0 bridgehead atoms. The second kappa shape index (κ2) is 4.33. The van der Waals surface area contributed by atoms with Crippen molar-refractivity contribution in [2.24, 2.45) is 0 Å². The number of fused-ring (bicyclic) bond motifs is 1. The van der Waals surface area contributed by atoms with Crippen LogP contribution >= 0.6 is 0 Å². The Kier molecular flexibility index (Phi) is 2.83. The Bertz CT molecular complexity index is 724. The van der Waals surface area contributed by atoms with Crippen LogP contribution in [0.2, 0.25) is 0 Å². The van der Waals surface area contributed by atoms with Gasteiger partial charge >= 0.3 is 17.9 Å². The molecule has 19 heavy (non-hydrogen) atoms. The minimum absolute atomic E-state index is 0.120. The van der Waals surface area contributed by atoms with Gasteiger partial charge < -0.3 is 15.3 Å². The molecular weight excluding hydrogens is 256 g/mol. The number of hydrogen-bond donors (Lipinski definition) is 3. The summed E-state index contributed by atoms with van der Waals surface area (Å²) in [5.41, 5.74) is -1.30. The van der Waals surface area contributed by atoms with Gasteiger partial charge in [-0.3, -0.25) is 0 Å². The van der Waals surface area contributed by atoms with Gasteiger partial charge in [0.2, 0.25) is 0 Å². The van der Waals surface area contributed by atoms with Crippen molar-refractivity contribution in [2.75, 3.05) is 0 Å². The van der Waals surface area contributed by atoms with E-state index in [4.69, 9.17) is 15.3 Å². The van der Waals surface area contributed by atoms with Crippen molar-refractivity contribution in [3.63, 3.8) is 0 Å². The Morgan fingerprint density at radius 3 is 2.11 bits per heavy atom. The third-order valence-electron chi connectivity index (χ3n) is 2.42. The fourth-order valence-corrected chi connectivity index (χ4v) is 1.62. The van der Waals surface area contributed by atoms with E-state index in [2.05, 4.69) is 9.97 Å². The van der Waals surface area contributed by atoms with Crippen LogP contribution in [0.5, 0.6) is 0 Å². The molecule has 0 unspecified atom stereocenters. The van der Waals surface area contributed by atoms with Crippen LogP contribution < -0.4 is 0 Å². The highest BCUT2D eigenvalue weighted by Crippen LogP contribution is 2.21. The smallest absolute Gasteiger partial charge is 0.355 e. The van der Waals surface area contributed by atoms with Crippen LogP contribution in [-0.4, -0.2) is 43.2 Å². The number of aromatic carboxylic acids is 3. The number of carbonyl (C=O) groups is 3. The zero-order chi connectivity index (χ0) is 14.2. The van der Waals surface area contributed by atoms with Crippen LogP contribution in [-0.2, 0) is 0 Å². The summed E-state index contributed by atoms with van der Waals surface area (Å²) in [5, 5.41) is 26.7. The Morgan fingerprint density at radius 2 is 1.58 bits per heavy atom. The molecular formula is C11H6N2O6. The fourth-order valence-electron chi connectivity index (χ4n) is 1.62. The summed E-state index contributed by atoms with van der Waals surface area (Å²) >= 11 is 0. The van der Waals surface area contributed by atoms with Crippen molar-refractivity contribution in [3.05, 3.63) is 35.3 Å². The van der Waals surface area contributed by atoms with Crippen LogP contribution in [0.25, 0.3) is 10.9 Å². The van der Waals surface area contributed by atoms with Crippen LogP contribution in [0, 0.1) is 0 Å². The highest BCUT2D eigenvalue weighted by molar-refractivity contribution is 6.10. The largest absolute Gasteiger partial charge is 0.478 e. The molecule has 8 nitrogen and oxygen atoms in total. The minimum Gasteiger partial charge on any atom is -0.478 e. The van der Waals surface area contributed by atoms with Crippen LogP contribution in [0.15, 0.2) is 18.5 Å². The number of carboxylic acid groups (broad SMARTS) is 3. The molecule has 2 rings (SSSR count). The summed E-state index contributed by atoms with van der Waals surface area (Å²) in [6.07, 6.45) is 0.915. The molecule has 0 aliphatic rings. The molecule has 0 aliphatic carbocycles. The predicted molar refractivity (Wildman–Crippen MR) is 60.4 cm³/mol. The highest BCUT2D eigenvalue weighted by Gasteiger charge is 2.19. The number of benzene rings is 1. The van der Waals surface area contributed by atoms with Gasteiger partial charge in [-0.1, -0.05) is 0 Å². The molecule has 0 saturated carbocycles. The Morgan fingerprint density at radius 1 is 0.895 bits per heavy atom. The summed E-state index contributed by atoms with van der Waals surface area (Å²) in [7, 11) is 0. The molecule has 0 radical (unpaired) electrons. The quantitative estimate of drug-likeness (QED) is 0.735. The molecule has 96 valence electrons. The first-order valence-corrected chi connectivity index (χ1v) is 4.90. The summed E-state index contributed by atoms with van der Waals surface area (Å²) in [6.45, 7) is 0. The van der Waals surface area contributed by atoms with Crippen molar-refractivity contribution in [1.29, 1.82) is 0 Å². The van der Waals surface area contributed by atoms with Gasteiger partial charge in [-0.25, -0.2) is 24.4 Å². The van der Waals surface area contributed by atoms with E-state index in [9.17, 15) is 14.4 Å². The highest BCUT2D eigenvalue weighted by atomic mass is 16.4. The van der Waals surface area contributed by atoms with Crippen LogP contribution in [0.3, 0.4) is 0 Å². The third-order valence-corrected chi connectivity index (χ3v) is 2.42. The Hall–Kier alpha value is -3.03. The van der Waals surface area contributed by atoms with Crippen molar-refractivity contribution >= 4 is 28.8 Å². The van der Waals surface area contributed by atoms with Crippen molar-refractivity contribution < 1.29 is 29.7 Å². The Balaban J connectivity index is 2.95.